The zero-order chi connectivity index (χ0) is 9.56. The number of aliphatic carboxylic acids is 1. The molecule has 0 aliphatic rings. The van der Waals surface area contributed by atoms with Crippen LogP contribution in [-0.2, 0) is 4.79 Å². The minimum absolute atomic E-state index is 0.114. The van der Waals surface area contributed by atoms with Crippen LogP contribution in [0.2, 0.25) is 0 Å². The Morgan fingerprint density at radius 2 is 2.25 bits per heavy atom. The number of rotatable bonds is 5. The van der Waals surface area contributed by atoms with Crippen molar-refractivity contribution in [3.63, 3.8) is 0 Å². The molecule has 0 saturated heterocycles. The SMILES string of the molecule is CCCC(C(=O)O)C(O)CC#N. The van der Waals surface area contributed by atoms with Crippen molar-refractivity contribution in [2.75, 3.05) is 0 Å². The predicted octanol–water partition coefficient (Wildman–Crippen LogP) is 0.762. The summed E-state index contributed by atoms with van der Waals surface area (Å²) in [5.41, 5.74) is 0. The Morgan fingerprint density at radius 3 is 2.58 bits per heavy atom. The molecule has 0 bridgehead atoms. The van der Waals surface area contributed by atoms with Crippen LogP contribution in [0.1, 0.15) is 26.2 Å². The third-order valence-electron chi connectivity index (χ3n) is 1.68. The first kappa shape index (κ1) is 10.9. The number of aliphatic hydroxyl groups excluding tert-OH is 1. The maximum Gasteiger partial charge on any atom is 0.309 e. The van der Waals surface area contributed by atoms with E-state index in [0.29, 0.717) is 12.8 Å². The third-order valence-corrected chi connectivity index (χ3v) is 1.68. The Morgan fingerprint density at radius 1 is 1.67 bits per heavy atom. The Balaban J connectivity index is 4.10. The number of hydrogen-bond donors (Lipinski definition) is 2. The van der Waals surface area contributed by atoms with Gasteiger partial charge < -0.3 is 10.2 Å². The van der Waals surface area contributed by atoms with E-state index in [0.717, 1.165) is 0 Å². The van der Waals surface area contributed by atoms with Gasteiger partial charge in [-0.05, 0) is 6.42 Å². The van der Waals surface area contributed by atoms with Gasteiger partial charge in [-0.3, -0.25) is 4.79 Å². The first-order valence-electron chi connectivity index (χ1n) is 3.91. The van der Waals surface area contributed by atoms with Gasteiger partial charge in [0.05, 0.1) is 24.5 Å². The molecule has 0 fully saturated rings. The number of carbonyl (C=O) groups is 1. The molecule has 0 aliphatic heterocycles. The molecule has 68 valence electrons. The summed E-state index contributed by atoms with van der Waals surface area (Å²) in [5.74, 6) is -1.82. The van der Waals surface area contributed by atoms with Crippen LogP contribution < -0.4 is 0 Å². The first-order chi connectivity index (χ1) is 5.63. The first-order valence-corrected chi connectivity index (χ1v) is 3.91. The van der Waals surface area contributed by atoms with Crippen molar-refractivity contribution in [1.82, 2.24) is 0 Å². The summed E-state index contributed by atoms with van der Waals surface area (Å²) >= 11 is 0. The molecule has 0 aromatic rings. The van der Waals surface area contributed by atoms with Crippen LogP contribution in [0, 0.1) is 17.2 Å². The van der Waals surface area contributed by atoms with Gasteiger partial charge in [0.2, 0.25) is 0 Å². The van der Waals surface area contributed by atoms with Crippen LogP contribution in [0.3, 0.4) is 0 Å². The van der Waals surface area contributed by atoms with Crippen LogP contribution in [0.5, 0.6) is 0 Å². The Labute approximate surface area is 71.4 Å². The lowest BCUT2D eigenvalue weighted by atomic mass is 9.95. The molecule has 0 amide bonds. The molecule has 0 rings (SSSR count). The van der Waals surface area contributed by atoms with Crippen molar-refractivity contribution in [3.05, 3.63) is 0 Å². The van der Waals surface area contributed by atoms with Gasteiger partial charge in [-0.1, -0.05) is 13.3 Å². The molecule has 2 N–H and O–H groups in total. The van der Waals surface area contributed by atoms with E-state index < -0.39 is 18.0 Å². The molecule has 2 unspecified atom stereocenters. The molecule has 0 aliphatic carbocycles. The molecule has 0 radical (unpaired) electrons. The van der Waals surface area contributed by atoms with Gasteiger partial charge in [0.25, 0.3) is 0 Å². The number of carboxylic acids is 1. The van der Waals surface area contributed by atoms with Crippen molar-refractivity contribution in [1.29, 1.82) is 5.26 Å². The van der Waals surface area contributed by atoms with E-state index in [-0.39, 0.29) is 6.42 Å². The molecular formula is C8H13NO3. The lowest BCUT2D eigenvalue weighted by Crippen LogP contribution is -2.27. The number of aliphatic hydroxyl groups is 1. The van der Waals surface area contributed by atoms with E-state index in [9.17, 15) is 9.90 Å². The number of hydrogen-bond acceptors (Lipinski definition) is 3. The molecule has 12 heavy (non-hydrogen) atoms. The molecule has 0 aromatic carbocycles. The number of nitriles is 1. The molecule has 0 saturated carbocycles. The summed E-state index contributed by atoms with van der Waals surface area (Å²) in [7, 11) is 0. The lowest BCUT2D eigenvalue weighted by molar-refractivity contribution is -0.145. The fourth-order valence-corrected chi connectivity index (χ4v) is 1.03. The average molecular weight is 171 g/mol. The van der Waals surface area contributed by atoms with Gasteiger partial charge in [-0.2, -0.15) is 5.26 Å². The highest BCUT2D eigenvalue weighted by molar-refractivity contribution is 5.70. The van der Waals surface area contributed by atoms with Crippen LogP contribution in [0.4, 0.5) is 0 Å². The fourth-order valence-electron chi connectivity index (χ4n) is 1.03. The summed E-state index contributed by atoms with van der Waals surface area (Å²) in [6.45, 7) is 1.84. The van der Waals surface area contributed by atoms with Crippen molar-refractivity contribution in [2.24, 2.45) is 5.92 Å². The minimum Gasteiger partial charge on any atom is -0.481 e. The molecular weight excluding hydrogens is 158 g/mol. The van der Waals surface area contributed by atoms with Crippen LogP contribution in [0.25, 0.3) is 0 Å². The van der Waals surface area contributed by atoms with Gasteiger partial charge in [0.15, 0.2) is 0 Å². The van der Waals surface area contributed by atoms with Gasteiger partial charge in [-0.25, -0.2) is 0 Å². The summed E-state index contributed by atoms with van der Waals surface area (Å²) < 4.78 is 0. The maximum absolute atomic E-state index is 10.5. The highest BCUT2D eigenvalue weighted by Crippen LogP contribution is 2.14. The second-order valence-electron chi connectivity index (χ2n) is 2.66. The van der Waals surface area contributed by atoms with E-state index in [4.69, 9.17) is 10.4 Å². The topological polar surface area (TPSA) is 81.3 Å². The fraction of sp³-hybridized carbons (Fsp3) is 0.750. The van der Waals surface area contributed by atoms with Gasteiger partial charge in [0, 0.05) is 0 Å². The molecule has 0 aromatic heterocycles. The molecule has 2 atom stereocenters. The maximum atomic E-state index is 10.5. The standard InChI is InChI=1S/C8H13NO3/c1-2-3-6(8(11)12)7(10)4-5-9/h6-7,10H,2-4H2,1H3,(H,11,12). The summed E-state index contributed by atoms with van der Waals surface area (Å²) in [6, 6.07) is 1.75. The zero-order valence-electron chi connectivity index (χ0n) is 7.03. The largest absolute Gasteiger partial charge is 0.481 e. The van der Waals surface area contributed by atoms with Crippen LogP contribution >= 0.6 is 0 Å². The monoisotopic (exact) mass is 171 g/mol. The van der Waals surface area contributed by atoms with Gasteiger partial charge in [0.1, 0.15) is 0 Å². The van der Waals surface area contributed by atoms with E-state index in [2.05, 4.69) is 0 Å². The predicted molar refractivity (Wildman–Crippen MR) is 42.3 cm³/mol. The van der Waals surface area contributed by atoms with E-state index in [1.54, 1.807) is 6.07 Å². The van der Waals surface area contributed by atoms with E-state index in [1.807, 2.05) is 6.92 Å². The summed E-state index contributed by atoms with van der Waals surface area (Å²) in [5, 5.41) is 26.1. The summed E-state index contributed by atoms with van der Waals surface area (Å²) in [4.78, 5) is 10.5. The van der Waals surface area contributed by atoms with Crippen LogP contribution in [-0.4, -0.2) is 22.3 Å². The Kier molecular flexibility index (Phi) is 5.06. The Bertz CT molecular complexity index is 185. The molecule has 4 nitrogen and oxygen atoms in total. The van der Waals surface area contributed by atoms with E-state index in [1.165, 1.54) is 0 Å². The average Bonchev–Trinajstić information content (AvgIpc) is 1.99. The Hall–Kier alpha value is -1.08. The minimum atomic E-state index is -1.03. The smallest absolute Gasteiger partial charge is 0.309 e. The second kappa shape index (κ2) is 5.56. The molecule has 0 heterocycles. The second-order valence-corrected chi connectivity index (χ2v) is 2.66. The quantitative estimate of drug-likeness (QED) is 0.639. The number of carboxylic acid groups (broad SMARTS) is 1. The normalized spacial score (nSPS) is 14.8. The molecule has 0 spiro atoms. The van der Waals surface area contributed by atoms with Gasteiger partial charge >= 0.3 is 5.97 Å². The third kappa shape index (κ3) is 3.35. The van der Waals surface area contributed by atoms with Gasteiger partial charge in [-0.15, -0.1) is 0 Å². The number of nitrogens with zero attached hydrogens (tertiary/aromatic N) is 1. The van der Waals surface area contributed by atoms with Crippen molar-refractivity contribution in [2.45, 2.75) is 32.3 Å². The summed E-state index contributed by atoms with van der Waals surface area (Å²) in [6.07, 6.45) is -0.0401. The molecule has 4 heteroatoms. The van der Waals surface area contributed by atoms with E-state index >= 15 is 0 Å². The van der Waals surface area contributed by atoms with Crippen molar-refractivity contribution >= 4 is 5.97 Å². The van der Waals surface area contributed by atoms with Crippen molar-refractivity contribution in [3.8, 4) is 6.07 Å². The highest BCUT2D eigenvalue weighted by Gasteiger charge is 2.24. The highest BCUT2D eigenvalue weighted by atomic mass is 16.4. The lowest BCUT2D eigenvalue weighted by Gasteiger charge is -2.15. The van der Waals surface area contributed by atoms with Crippen LogP contribution in [0.15, 0.2) is 0 Å². The zero-order valence-corrected chi connectivity index (χ0v) is 7.03. The van der Waals surface area contributed by atoms with Crippen molar-refractivity contribution < 1.29 is 15.0 Å².